The Balaban J connectivity index is 1.75. The summed E-state index contributed by atoms with van der Waals surface area (Å²) in [4.78, 5) is 11.5. The minimum absolute atomic E-state index is 0.186. The van der Waals surface area contributed by atoms with Crippen LogP contribution in [0.15, 0.2) is 53.4 Å². The van der Waals surface area contributed by atoms with Crippen molar-refractivity contribution in [3.63, 3.8) is 0 Å². The van der Waals surface area contributed by atoms with E-state index in [1.165, 1.54) is 24.3 Å². The molecule has 0 aliphatic heterocycles. The molecule has 3 aromatic carbocycles. The van der Waals surface area contributed by atoms with Gasteiger partial charge in [0.05, 0.1) is 16.6 Å². The molecule has 4 rings (SSSR count). The number of fused-ring (bicyclic) bond motifs is 1. The Morgan fingerprint density at radius 2 is 1.83 bits per heavy atom. The molecule has 0 saturated heterocycles. The molecule has 29 heavy (non-hydrogen) atoms. The highest BCUT2D eigenvalue weighted by molar-refractivity contribution is 7.92. The Hall–Kier alpha value is -2.93. The normalized spacial score (nSPS) is 14.1. The van der Waals surface area contributed by atoms with E-state index < -0.39 is 21.6 Å². The number of carboxylic acid groups (broad SMARTS) is 1. The van der Waals surface area contributed by atoms with Gasteiger partial charge in [-0.2, -0.15) is 0 Å². The van der Waals surface area contributed by atoms with Crippen LogP contribution in [0.3, 0.4) is 0 Å². The van der Waals surface area contributed by atoms with Gasteiger partial charge < -0.3 is 9.84 Å². The summed E-state index contributed by atoms with van der Waals surface area (Å²) in [5.74, 6) is -0.661. The van der Waals surface area contributed by atoms with Crippen molar-refractivity contribution in [1.82, 2.24) is 0 Å². The SMILES string of the molecule is Cc1c(CC(=O)O)cc2ccc(F)cc2c1Oc1ccc(S(=O)(=O)C2CC2)cc1. The fourth-order valence-corrected chi connectivity index (χ4v) is 5.02. The molecule has 3 aromatic rings. The smallest absolute Gasteiger partial charge is 0.307 e. The fourth-order valence-electron chi connectivity index (χ4n) is 3.36. The van der Waals surface area contributed by atoms with Gasteiger partial charge in [-0.05, 0) is 72.7 Å². The van der Waals surface area contributed by atoms with Crippen LogP contribution in [0.4, 0.5) is 4.39 Å². The van der Waals surface area contributed by atoms with Gasteiger partial charge in [0.15, 0.2) is 9.84 Å². The summed E-state index contributed by atoms with van der Waals surface area (Å²) in [7, 11) is -3.29. The monoisotopic (exact) mass is 414 g/mol. The van der Waals surface area contributed by atoms with E-state index in [9.17, 15) is 22.7 Å². The van der Waals surface area contributed by atoms with Crippen molar-refractivity contribution in [3.8, 4) is 11.5 Å². The van der Waals surface area contributed by atoms with Gasteiger partial charge in [0.2, 0.25) is 0 Å². The molecular formula is C22H19FO5S. The lowest BCUT2D eigenvalue weighted by Crippen LogP contribution is -2.06. The average Bonchev–Trinajstić information content (AvgIpc) is 3.51. The fraction of sp³-hybridized carbons (Fsp3) is 0.227. The summed E-state index contributed by atoms with van der Waals surface area (Å²) in [6.45, 7) is 1.73. The first-order chi connectivity index (χ1) is 13.8. The Morgan fingerprint density at radius 1 is 1.14 bits per heavy atom. The molecule has 1 N–H and O–H groups in total. The topological polar surface area (TPSA) is 80.7 Å². The van der Waals surface area contributed by atoms with Crippen LogP contribution in [0.25, 0.3) is 10.8 Å². The van der Waals surface area contributed by atoms with E-state index in [0.717, 1.165) is 0 Å². The lowest BCUT2D eigenvalue weighted by molar-refractivity contribution is -0.136. The van der Waals surface area contributed by atoms with Crippen molar-refractivity contribution in [2.45, 2.75) is 36.3 Å². The van der Waals surface area contributed by atoms with Crippen molar-refractivity contribution < 1.29 is 27.4 Å². The van der Waals surface area contributed by atoms with E-state index in [2.05, 4.69) is 0 Å². The molecule has 0 radical (unpaired) electrons. The molecule has 5 nitrogen and oxygen atoms in total. The summed E-state index contributed by atoms with van der Waals surface area (Å²) in [6.07, 6.45) is 1.19. The molecule has 1 aliphatic carbocycles. The molecule has 0 bridgehead atoms. The minimum Gasteiger partial charge on any atom is -0.481 e. The highest BCUT2D eigenvalue weighted by atomic mass is 32.2. The number of halogens is 1. The minimum atomic E-state index is -3.29. The Morgan fingerprint density at radius 3 is 2.45 bits per heavy atom. The summed E-state index contributed by atoms with van der Waals surface area (Å²) < 4.78 is 44.5. The standard InChI is InChI=1S/C22H19FO5S/c1-13-15(11-21(24)25)10-14-2-3-16(23)12-20(14)22(13)28-17-4-6-18(7-5-17)29(26,27)19-8-9-19/h2-7,10,12,19H,8-9,11H2,1H3,(H,24,25). The summed E-state index contributed by atoms with van der Waals surface area (Å²) >= 11 is 0. The zero-order chi connectivity index (χ0) is 20.8. The lowest BCUT2D eigenvalue weighted by Gasteiger charge is -2.16. The molecule has 0 spiro atoms. The number of hydrogen-bond donors (Lipinski definition) is 1. The third kappa shape index (κ3) is 3.82. The average molecular weight is 414 g/mol. The number of rotatable bonds is 6. The Bertz CT molecular complexity index is 1210. The third-order valence-electron chi connectivity index (χ3n) is 5.09. The van der Waals surface area contributed by atoms with Gasteiger partial charge in [0.1, 0.15) is 17.3 Å². The number of carboxylic acids is 1. The van der Waals surface area contributed by atoms with Crippen molar-refractivity contribution in [1.29, 1.82) is 0 Å². The van der Waals surface area contributed by atoms with E-state index in [4.69, 9.17) is 4.74 Å². The van der Waals surface area contributed by atoms with Crippen LogP contribution in [-0.4, -0.2) is 24.7 Å². The maximum atomic E-state index is 13.8. The molecule has 0 heterocycles. The second-order valence-electron chi connectivity index (χ2n) is 7.24. The molecule has 7 heteroatoms. The first kappa shape index (κ1) is 19.4. The maximum absolute atomic E-state index is 13.8. The van der Waals surface area contributed by atoms with Crippen molar-refractivity contribution in [2.24, 2.45) is 0 Å². The number of hydrogen-bond acceptors (Lipinski definition) is 4. The number of carbonyl (C=O) groups is 1. The van der Waals surface area contributed by atoms with Crippen LogP contribution in [0.2, 0.25) is 0 Å². The van der Waals surface area contributed by atoms with Gasteiger partial charge in [-0.15, -0.1) is 0 Å². The second-order valence-corrected chi connectivity index (χ2v) is 9.47. The van der Waals surface area contributed by atoms with E-state index >= 15 is 0 Å². The van der Waals surface area contributed by atoms with Crippen LogP contribution in [0.1, 0.15) is 24.0 Å². The van der Waals surface area contributed by atoms with Crippen LogP contribution >= 0.6 is 0 Å². The zero-order valence-corrected chi connectivity index (χ0v) is 16.5. The van der Waals surface area contributed by atoms with E-state index in [1.54, 1.807) is 31.2 Å². The molecule has 0 unspecified atom stereocenters. The summed E-state index contributed by atoms with van der Waals surface area (Å²) in [6, 6.07) is 12.1. The molecule has 0 amide bonds. The Kier molecular flexibility index (Phi) is 4.78. The highest BCUT2D eigenvalue weighted by Crippen LogP contribution is 2.38. The summed E-state index contributed by atoms with van der Waals surface area (Å²) in [5.41, 5.74) is 1.17. The lowest BCUT2D eigenvalue weighted by atomic mass is 9.98. The van der Waals surface area contributed by atoms with Crippen LogP contribution in [-0.2, 0) is 21.1 Å². The second kappa shape index (κ2) is 7.15. The molecule has 0 aromatic heterocycles. The number of ether oxygens (including phenoxy) is 1. The molecule has 150 valence electrons. The predicted molar refractivity (Wildman–Crippen MR) is 107 cm³/mol. The molecular weight excluding hydrogens is 395 g/mol. The van der Waals surface area contributed by atoms with E-state index in [1.807, 2.05) is 0 Å². The van der Waals surface area contributed by atoms with Gasteiger partial charge in [0, 0.05) is 5.39 Å². The molecule has 0 atom stereocenters. The van der Waals surface area contributed by atoms with Crippen LogP contribution < -0.4 is 4.74 Å². The van der Waals surface area contributed by atoms with Gasteiger partial charge in [-0.1, -0.05) is 12.1 Å². The first-order valence-electron chi connectivity index (χ1n) is 9.21. The first-order valence-corrected chi connectivity index (χ1v) is 10.8. The van der Waals surface area contributed by atoms with Gasteiger partial charge >= 0.3 is 5.97 Å². The summed E-state index contributed by atoms with van der Waals surface area (Å²) in [5, 5.41) is 10.1. The third-order valence-corrected chi connectivity index (χ3v) is 7.37. The zero-order valence-electron chi connectivity index (χ0n) is 15.7. The molecule has 1 aliphatic rings. The van der Waals surface area contributed by atoms with Gasteiger partial charge in [0.25, 0.3) is 0 Å². The van der Waals surface area contributed by atoms with E-state index in [0.29, 0.717) is 46.2 Å². The van der Waals surface area contributed by atoms with Gasteiger partial charge in [-0.25, -0.2) is 12.8 Å². The number of aliphatic carboxylic acids is 1. The number of benzene rings is 3. The van der Waals surface area contributed by atoms with Crippen LogP contribution in [0.5, 0.6) is 11.5 Å². The maximum Gasteiger partial charge on any atom is 0.307 e. The molecule has 1 saturated carbocycles. The van der Waals surface area contributed by atoms with Crippen LogP contribution in [0, 0.1) is 12.7 Å². The van der Waals surface area contributed by atoms with Crippen molar-refractivity contribution in [3.05, 3.63) is 65.5 Å². The number of sulfone groups is 1. The Labute approximate surface area is 167 Å². The molecule has 1 fully saturated rings. The largest absolute Gasteiger partial charge is 0.481 e. The predicted octanol–water partition coefficient (Wildman–Crippen LogP) is 4.64. The van der Waals surface area contributed by atoms with Crippen molar-refractivity contribution >= 4 is 26.6 Å². The highest BCUT2D eigenvalue weighted by Gasteiger charge is 2.36. The van der Waals surface area contributed by atoms with E-state index in [-0.39, 0.29) is 16.6 Å². The van der Waals surface area contributed by atoms with Gasteiger partial charge in [-0.3, -0.25) is 4.79 Å². The quantitative estimate of drug-likeness (QED) is 0.635. The van der Waals surface area contributed by atoms with Crippen molar-refractivity contribution in [2.75, 3.05) is 0 Å².